The summed E-state index contributed by atoms with van der Waals surface area (Å²) in [4.78, 5) is 1.55. The lowest BCUT2D eigenvalue weighted by Gasteiger charge is -2.05. The highest BCUT2D eigenvalue weighted by Gasteiger charge is 2.16. The van der Waals surface area contributed by atoms with Gasteiger partial charge in [-0.05, 0) is 36.8 Å². The maximum atomic E-state index is 5.79. The number of hydrogen-bond acceptors (Lipinski definition) is 2. The van der Waals surface area contributed by atoms with Gasteiger partial charge in [-0.1, -0.05) is 13.3 Å². The van der Waals surface area contributed by atoms with E-state index in [4.69, 9.17) is 5.73 Å². The van der Waals surface area contributed by atoms with Gasteiger partial charge >= 0.3 is 0 Å². The fraction of sp³-hybridized carbons (Fsp3) is 0.600. The average Bonchev–Trinajstić information content (AvgIpc) is 2.33. The van der Waals surface area contributed by atoms with Gasteiger partial charge in [-0.15, -0.1) is 11.3 Å². The van der Waals surface area contributed by atoms with Gasteiger partial charge in [0.2, 0.25) is 0 Å². The molecule has 0 saturated heterocycles. The molecule has 1 nitrogen and oxygen atoms in total. The SMILES string of the molecule is CC1CCCCc2cc(N)sc21. The molecule has 0 aromatic carbocycles. The molecule has 2 rings (SSSR count). The van der Waals surface area contributed by atoms with E-state index >= 15 is 0 Å². The van der Waals surface area contributed by atoms with Crippen LogP contribution in [0, 0.1) is 0 Å². The van der Waals surface area contributed by atoms with E-state index in [1.54, 1.807) is 16.2 Å². The molecular formula is C10H15NS. The first-order chi connectivity index (χ1) is 5.77. The molecule has 66 valence electrons. The second-order valence-electron chi connectivity index (χ2n) is 3.69. The molecule has 12 heavy (non-hydrogen) atoms. The van der Waals surface area contributed by atoms with Gasteiger partial charge < -0.3 is 5.73 Å². The van der Waals surface area contributed by atoms with Crippen LogP contribution in [0.25, 0.3) is 0 Å². The third kappa shape index (κ3) is 1.36. The smallest absolute Gasteiger partial charge is 0.0862 e. The van der Waals surface area contributed by atoms with E-state index in [9.17, 15) is 0 Å². The van der Waals surface area contributed by atoms with Gasteiger partial charge in [0, 0.05) is 4.88 Å². The number of rotatable bonds is 0. The molecule has 1 aromatic rings. The molecule has 0 bridgehead atoms. The van der Waals surface area contributed by atoms with E-state index in [2.05, 4.69) is 13.0 Å². The van der Waals surface area contributed by atoms with Crippen LogP contribution in [0.2, 0.25) is 0 Å². The third-order valence-corrected chi connectivity index (χ3v) is 3.88. The van der Waals surface area contributed by atoms with E-state index in [1.165, 1.54) is 31.2 Å². The van der Waals surface area contributed by atoms with Gasteiger partial charge in [-0.3, -0.25) is 0 Å². The largest absolute Gasteiger partial charge is 0.391 e. The molecule has 0 radical (unpaired) electrons. The van der Waals surface area contributed by atoms with Crippen LogP contribution >= 0.6 is 11.3 Å². The van der Waals surface area contributed by atoms with E-state index < -0.39 is 0 Å². The number of aryl methyl sites for hydroxylation is 1. The normalized spacial score (nSPS) is 23.2. The van der Waals surface area contributed by atoms with Crippen LogP contribution in [-0.2, 0) is 6.42 Å². The zero-order valence-corrected chi connectivity index (χ0v) is 8.29. The number of nitrogens with two attached hydrogens (primary N) is 1. The Balaban J connectivity index is 2.38. The van der Waals surface area contributed by atoms with Crippen LogP contribution in [0.15, 0.2) is 6.07 Å². The summed E-state index contributed by atoms with van der Waals surface area (Å²) in [5.41, 5.74) is 7.31. The lowest BCUT2D eigenvalue weighted by molar-refractivity contribution is 0.639. The standard InChI is InChI=1S/C10H15NS/c1-7-4-2-3-5-8-6-9(11)12-10(7)8/h6-7H,2-5,11H2,1H3. The first-order valence-electron chi connectivity index (χ1n) is 4.65. The lowest BCUT2D eigenvalue weighted by Crippen LogP contribution is -1.88. The van der Waals surface area contributed by atoms with Crippen molar-refractivity contribution in [1.29, 1.82) is 0 Å². The van der Waals surface area contributed by atoms with Crippen molar-refractivity contribution in [1.82, 2.24) is 0 Å². The van der Waals surface area contributed by atoms with Gasteiger partial charge in [-0.2, -0.15) is 0 Å². The van der Waals surface area contributed by atoms with Crippen molar-refractivity contribution in [2.75, 3.05) is 5.73 Å². The second-order valence-corrected chi connectivity index (χ2v) is 4.80. The van der Waals surface area contributed by atoms with Crippen molar-refractivity contribution in [3.63, 3.8) is 0 Å². The Morgan fingerprint density at radius 3 is 3.17 bits per heavy atom. The summed E-state index contributed by atoms with van der Waals surface area (Å²) in [5, 5.41) is 0.994. The molecule has 0 spiro atoms. The average molecular weight is 181 g/mol. The molecule has 1 aliphatic rings. The maximum Gasteiger partial charge on any atom is 0.0862 e. The molecule has 1 aliphatic carbocycles. The summed E-state index contributed by atoms with van der Waals surface area (Å²) in [6.45, 7) is 2.32. The van der Waals surface area contributed by atoms with E-state index in [0.717, 1.165) is 10.9 Å². The zero-order valence-electron chi connectivity index (χ0n) is 7.47. The van der Waals surface area contributed by atoms with Crippen molar-refractivity contribution in [3.8, 4) is 0 Å². The van der Waals surface area contributed by atoms with Gasteiger partial charge in [0.1, 0.15) is 0 Å². The Hall–Kier alpha value is -0.500. The van der Waals surface area contributed by atoms with Crippen molar-refractivity contribution < 1.29 is 0 Å². The van der Waals surface area contributed by atoms with Crippen LogP contribution in [0.5, 0.6) is 0 Å². The van der Waals surface area contributed by atoms with Crippen LogP contribution in [0.4, 0.5) is 5.00 Å². The van der Waals surface area contributed by atoms with E-state index in [-0.39, 0.29) is 0 Å². The van der Waals surface area contributed by atoms with Gasteiger partial charge in [0.05, 0.1) is 5.00 Å². The van der Waals surface area contributed by atoms with E-state index in [0.29, 0.717) is 0 Å². The minimum absolute atomic E-state index is 0.741. The number of thiophene rings is 1. The van der Waals surface area contributed by atoms with Gasteiger partial charge in [-0.25, -0.2) is 0 Å². The van der Waals surface area contributed by atoms with Crippen LogP contribution < -0.4 is 5.73 Å². The second kappa shape index (κ2) is 3.09. The maximum absolute atomic E-state index is 5.79. The summed E-state index contributed by atoms with van der Waals surface area (Å²) in [7, 11) is 0. The molecule has 0 aliphatic heterocycles. The van der Waals surface area contributed by atoms with Gasteiger partial charge in [0.25, 0.3) is 0 Å². The molecule has 1 unspecified atom stereocenters. The summed E-state index contributed by atoms with van der Waals surface area (Å²) in [5.74, 6) is 0.741. The molecule has 0 saturated carbocycles. The predicted molar refractivity (Wildman–Crippen MR) is 54.7 cm³/mol. The minimum atomic E-state index is 0.741. The monoisotopic (exact) mass is 181 g/mol. The molecule has 1 aromatic heterocycles. The van der Waals surface area contributed by atoms with Crippen molar-refractivity contribution >= 4 is 16.3 Å². The van der Waals surface area contributed by atoms with Crippen molar-refractivity contribution in [3.05, 3.63) is 16.5 Å². The summed E-state index contributed by atoms with van der Waals surface area (Å²) in [6, 6.07) is 2.17. The fourth-order valence-corrected chi connectivity index (χ4v) is 3.04. The molecule has 2 N–H and O–H groups in total. The van der Waals surface area contributed by atoms with Crippen molar-refractivity contribution in [2.45, 2.75) is 38.5 Å². The Kier molecular flexibility index (Phi) is 2.09. The molecule has 1 heterocycles. The highest BCUT2D eigenvalue weighted by molar-refractivity contribution is 7.16. The number of anilines is 1. The first-order valence-corrected chi connectivity index (χ1v) is 5.47. The molecule has 0 amide bonds. The topological polar surface area (TPSA) is 26.0 Å². The third-order valence-electron chi connectivity index (χ3n) is 2.64. The Bertz CT molecular complexity index is 277. The Morgan fingerprint density at radius 1 is 1.50 bits per heavy atom. The minimum Gasteiger partial charge on any atom is -0.391 e. The highest BCUT2D eigenvalue weighted by Crippen LogP contribution is 2.37. The predicted octanol–water partition coefficient (Wildman–Crippen LogP) is 3.16. The van der Waals surface area contributed by atoms with E-state index in [1.807, 2.05) is 0 Å². The quantitative estimate of drug-likeness (QED) is 0.611. The zero-order chi connectivity index (χ0) is 8.55. The number of hydrogen-bond donors (Lipinski definition) is 1. The Morgan fingerprint density at radius 2 is 2.33 bits per heavy atom. The summed E-state index contributed by atoms with van der Waals surface area (Å²) in [6.07, 6.45) is 5.30. The first kappa shape index (κ1) is 8.11. The van der Waals surface area contributed by atoms with Crippen molar-refractivity contribution in [2.24, 2.45) is 0 Å². The molecule has 1 atom stereocenters. The van der Waals surface area contributed by atoms with Crippen LogP contribution in [0.3, 0.4) is 0 Å². The van der Waals surface area contributed by atoms with Crippen LogP contribution in [-0.4, -0.2) is 0 Å². The summed E-state index contributed by atoms with van der Waals surface area (Å²) >= 11 is 1.79. The molecular weight excluding hydrogens is 166 g/mol. The number of fused-ring (bicyclic) bond motifs is 1. The lowest BCUT2D eigenvalue weighted by atomic mass is 10.0. The molecule has 2 heteroatoms. The molecule has 0 fully saturated rings. The fourth-order valence-electron chi connectivity index (χ4n) is 1.97. The highest BCUT2D eigenvalue weighted by atomic mass is 32.1. The van der Waals surface area contributed by atoms with Gasteiger partial charge in [0.15, 0.2) is 0 Å². The Labute approximate surface area is 77.6 Å². The number of nitrogen functional groups attached to an aromatic ring is 1. The van der Waals surface area contributed by atoms with Crippen LogP contribution in [0.1, 0.15) is 42.5 Å². The summed E-state index contributed by atoms with van der Waals surface area (Å²) < 4.78 is 0.